The number of likely N-dealkylation sites (tertiary alicyclic amines) is 1. The number of piperidine rings is 1. The molecule has 1 aromatic heterocycles. The molecule has 1 N–H and O–H groups in total. The number of rotatable bonds is 7. The number of hydrogen-bond acceptors (Lipinski definition) is 7. The Labute approximate surface area is 255 Å². The summed E-state index contributed by atoms with van der Waals surface area (Å²) >= 11 is 0. The first kappa shape index (κ1) is 29.4. The summed E-state index contributed by atoms with van der Waals surface area (Å²) < 4.78 is 33.0. The van der Waals surface area contributed by atoms with E-state index in [-0.39, 0.29) is 11.4 Å². The van der Waals surface area contributed by atoms with Crippen molar-refractivity contribution >= 4 is 28.4 Å². The van der Waals surface area contributed by atoms with Crippen LogP contribution in [0.4, 0.5) is 10.1 Å². The van der Waals surface area contributed by atoms with Crippen LogP contribution in [0.1, 0.15) is 24.0 Å². The van der Waals surface area contributed by atoms with E-state index in [0.717, 1.165) is 37.6 Å². The minimum Gasteiger partial charge on any atom is -0.496 e. The van der Waals surface area contributed by atoms with Crippen LogP contribution in [0.2, 0.25) is 0 Å². The van der Waals surface area contributed by atoms with E-state index in [2.05, 4.69) is 22.2 Å². The van der Waals surface area contributed by atoms with Gasteiger partial charge in [-0.25, -0.2) is 4.39 Å². The van der Waals surface area contributed by atoms with E-state index < -0.39 is 17.6 Å². The summed E-state index contributed by atoms with van der Waals surface area (Å²) in [5.74, 6) is -0.263. The van der Waals surface area contributed by atoms with Crippen LogP contribution in [0, 0.1) is 11.7 Å². The van der Waals surface area contributed by atoms with Crippen molar-refractivity contribution in [1.82, 2.24) is 14.8 Å². The van der Waals surface area contributed by atoms with Crippen LogP contribution in [0.5, 0.6) is 23.0 Å². The van der Waals surface area contributed by atoms with Gasteiger partial charge in [0, 0.05) is 43.2 Å². The second-order valence-corrected chi connectivity index (χ2v) is 11.3. The van der Waals surface area contributed by atoms with E-state index in [1.807, 2.05) is 30.3 Å². The summed E-state index contributed by atoms with van der Waals surface area (Å²) in [6.07, 6.45) is 4.44. The molecule has 44 heavy (non-hydrogen) atoms. The molecule has 0 spiro atoms. The highest BCUT2D eigenvalue weighted by Crippen LogP contribution is 2.39. The van der Waals surface area contributed by atoms with E-state index in [1.54, 1.807) is 25.4 Å². The van der Waals surface area contributed by atoms with Gasteiger partial charge in [-0.1, -0.05) is 24.3 Å². The molecule has 3 aromatic carbocycles. The van der Waals surface area contributed by atoms with Gasteiger partial charge in [-0.05, 0) is 74.6 Å². The Morgan fingerprint density at radius 3 is 2.55 bits per heavy atom. The standard InChI is InChI=1S/C34H35FN4O5/c1-38-14-10-22(11-15-38)21-43-26-18-28-32(31(19-26)42-2)30(9-13-36-28)44-29-8-7-25(17-27(29)35)37-33(40)34(41)39-16-12-23-5-3-4-6-24(23)20-39/h3-9,13,17-19,22H,10-12,14-16,20-21H2,1-2H3,(H,37,40). The first-order valence-corrected chi connectivity index (χ1v) is 14.8. The van der Waals surface area contributed by atoms with Crippen LogP contribution in [0.25, 0.3) is 10.9 Å². The number of methoxy groups -OCH3 is 1. The maximum absolute atomic E-state index is 15.2. The van der Waals surface area contributed by atoms with Gasteiger partial charge < -0.3 is 29.3 Å². The highest BCUT2D eigenvalue weighted by molar-refractivity contribution is 6.39. The molecule has 4 aromatic rings. The average molecular weight is 599 g/mol. The Kier molecular flexibility index (Phi) is 8.60. The molecule has 0 aliphatic carbocycles. The molecule has 10 heteroatoms. The maximum Gasteiger partial charge on any atom is 0.313 e. The van der Waals surface area contributed by atoms with Crippen molar-refractivity contribution in [2.45, 2.75) is 25.8 Å². The highest BCUT2D eigenvalue weighted by Gasteiger charge is 2.26. The average Bonchev–Trinajstić information content (AvgIpc) is 3.04. The lowest BCUT2D eigenvalue weighted by Crippen LogP contribution is -2.42. The van der Waals surface area contributed by atoms with Gasteiger partial charge in [-0.2, -0.15) is 0 Å². The maximum atomic E-state index is 15.2. The molecule has 0 bridgehead atoms. The number of benzene rings is 3. The number of amides is 2. The quantitative estimate of drug-likeness (QED) is 0.284. The molecule has 2 aliphatic heterocycles. The Morgan fingerprint density at radius 1 is 0.977 bits per heavy atom. The van der Waals surface area contributed by atoms with Crippen molar-refractivity contribution < 1.29 is 28.2 Å². The molecule has 2 amide bonds. The predicted molar refractivity (Wildman–Crippen MR) is 165 cm³/mol. The molecule has 3 heterocycles. The molecule has 0 unspecified atom stereocenters. The number of anilines is 1. The Morgan fingerprint density at radius 2 is 1.77 bits per heavy atom. The minimum absolute atomic E-state index is 0.0564. The SMILES string of the molecule is COc1cc(OCC2CCN(C)CC2)cc2nccc(Oc3ccc(NC(=O)C(=O)N4CCc5ccccc5C4)cc3F)c12. The monoisotopic (exact) mass is 598 g/mol. The number of aromatic nitrogens is 1. The van der Waals surface area contributed by atoms with Gasteiger partial charge in [-0.3, -0.25) is 14.6 Å². The number of ether oxygens (including phenoxy) is 3. The fourth-order valence-corrected chi connectivity index (χ4v) is 5.74. The number of fused-ring (bicyclic) bond motifs is 2. The van der Waals surface area contributed by atoms with Crippen LogP contribution in [-0.4, -0.2) is 67.0 Å². The smallest absolute Gasteiger partial charge is 0.313 e. The van der Waals surface area contributed by atoms with Gasteiger partial charge in [0.05, 0.1) is 24.6 Å². The van der Waals surface area contributed by atoms with Gasteiger partial charge in [0.15, 0.2) is 11.6 Å². The van der Waals surface area contributed by atoms with Crippen LogP contribution < -0.4 is 19.5 Å². The van der Waals surface area contributed by atoms with E-state index in [9.17, 15) is 9.59 Å². The fraction of sp³-hybridized carbons (Fsp3) is 0.324. The third-order valence-corrected chi connectivity index (χ3v) is 8.31. The molecule has 1 fully saturated rings. The van der Waals surface area contributed by atoms with Crippen LogP contribution in [0.15, 0.2) is 66.9 Å². The summed E-state index contributed by atoms with van der Waals surface area (Å²) in [5, 5.41) is 3.09. The van der Waals surface area contributed by atoms with Crippen molar-refractivity contribution in [3.63, 3.8) is 0 Å². The van der Waals surface area contributed by atoms with Crippen molar-refractivity contribution in [2.24, 2.45) is 5.92 Å². The lowest BCUT2D eigenvalue weighted by molar-refractivity contribution is -0.143. The zero-order valence-corrected chi connectivity index (χ0v) is 24.8. The van der Waals surface area contributed by atoms with Crippen molar-refractivity contribution in [3.05, 3.63) is 83.8 Å². The van der Waals surface area contributed by atoms with Gasteiger partial charge >= 0.3 is 11.8 Å². The van der Waals surface area contributed by atoms with Crippen molar-refractivity contribution in [1.29, 1.82) is 0 Å². The molecule has 9 nitrogen and oxygen atoms in total. The number of halogens is 1. The largest absolute Gasteiger partial charge is 0.496 e. The minimum atomic E-state index is -0.823. The fourth-order valence-electron chi connectivity index (χ4n) is 5.74. The molecule has 0 saturated carbocycles. The van der Waals surface area contributed by atoms with Gasteiger partial charge in [0.25, 0.3) is 0 Å². The third-order valence-electron chi connectivity index (χ3n) is 8.31. The lowest BCUT2D eigenvalue weighted by atomic mass is 9.98. The van der Waals surface area contributed by atoms with Gasteiger partial charge in [0.1, 0.15) is 17.2 Å². The number of hydrogen-bond donors (Lipinski definition) is 1. The van der Waals surface area contributed by atoms with Crippen LogP contribution in [-0.2, 0) is 22.6 Å². The first-order chi connectivity index (χ1) is 21.4. The summed E-state index contributed by atoms with van der Waals surface area (Å²) in [6.45, 7) is 3.55. The Bertz CT molecular complexity index is 1690. The molecular formula is C34H35FN4O5. The third kappa shape index (κ3) is 6.45. The normalized spacial score (nSPS) is 15.5. The number of carbonyl (C=O) groups excluding carboxylic acids is 2. The molecule has 1 saturated heterocycles. The number of nitrogens with one attached hydrogen (secondary N) is 1. The topological polar surface area (TPSA) is 93.2 Å². The second-order valence-electron chi connectivity index (χ2n) is 11.3. The highest BCUT2D eigenvalue weighted by atomic mass is 19.1. The number of nitrogens with zero attached hydrogens (tertiary/aromatic N) is 3. The predicted octanol–water partition coefficient (Wildman–Crippen LogP) is 5.42. The van der Waals surface area contributed by atoms with E-state index in [1.165, 1.54) is 22.6 Å². The Balaban J connectivity index is 1.13. The van der Waals surface area contributed by atoms with Crippen LogP contribution in [0.3, 0.4) is 0 Å². The second kappa shape index (κ2) is 12.9. The molecule has 6 rings (SSSR count). The summed E-state index contributed by atoms with van der Waals surface area (Å²) in [6, 6.07) is 17.1. The molecular weight excluding hydrogens is 563 g/mol. The number of carbonyl (C=O) groups is 2. The molecule has 0 atom stereocenters. The van der Waals surface area contributed by atoms with Crippen molar-refractivity contribution in [3.8, 4) is 23.0 Å². The van der Waals surface area contributed by atoms with E-state index >= 15 is 4.39 Å². The first-order valence-electron chi connectivity index (χ1n) is 14.8. The lowest BCUT2D eigenvalue weighted by Gasteiger charge is -2.28. The zero-order valence-electron chi connectivity index (χ0n) is 24.8. The Hall–Kier alpha value is -4.70. The van der Waals surface area contributed by atoms with Gasteiger partial charge in [-0.15, -0.1) is 0 Å². The van der Waals surface area contributed by atoms with Crippen LogP contribution >= 0.6 is 0 Å². The number of pyridine rings is 1. The summed E-state index contributed by atoms with van der Waals surface area (Å²) in [7, 11) is 3.68. The van der Waals surface area contributed by atoms with Crippen molar-refractivity contribution in [2.75, 3.05) is 45.7 Å². The zero-order chi connectivity index (χ0) is 30.6. The molecule has 2 aliphatic rings. The summed E-state index contributed by atoms with van der Waals surface area (Å²) in [5.41, 5.74) is 2.92. The molecule has 0 radical (unpaired) electrons. The summed E-state index contributed by atoms with van der Waals surface area (Å²) in [4.78, 5) is 33.8. The van der Waals surface area contributed by atoms with Gasteiger partial charge in [0.2, 0.25) is 0 Å². The van der Waals surface area contributed by atoms with E-state index in [4.69, 9.17) is 14.2 Å². The molecule has 228 valence electrons. The van der Waals surface area contributed by atoms with E-state index in [0.29, 0.717) is 60.2 Å².